The molecule has 0 heterocycles. The second-order valence-corrected chi connectivity index (χ2v) is 19.6. The summed E-state index contributed by atoms with van der Waals surface area (Å²) < 4.78 is 0. The number of hydrogen-bond acceptors (Lipinski definition) is 0. The molecule has 0 unspecified atom stereocenters. The lowest BCUT2D eigenvalue weighted by molar-refractivity contribution is 0.661. The molecule has 0 nitrogen and oxygen atoms in total. The maximum atomic E-state index is 2.46. The Bertz CT molecular complexity index is 3850. The lowest BCUT2D eigenvalue weighted by Crippen LogP contribution is -2.15. The molecule has 0 heteroatoms. The van der Waals surface area contributed by atoms with Gasteiger partial charge in [-0.25, -0.2) is 0 Å². The van der Waals surface area contributed by atoms with E-state index in [1.807, 2.05) is 0 Å². The Morgan fingerprint density at radius 2 is 0.537 bits per heavy atom. The van der Waals surface area contributed by atoms with E-state index in [2.05, 4.69) is 232 Å². The van der Waals surface area contributed by atoms with Gasteiger partial charge in [-0.1, -0.05) is 196 Å². The Balaban J connectivity index is 0.759. The largest absolute Gasteiger partial charge is 0.0616 e. The molecule has 0 fully saturated rings. The van der Waals surface area contributed by atoms with Crippen LogP contribution in [0.4, 0.5) is 0 Å². The number of fused-ring (bicyclic) bond motifs is 11. The molecule has 0 aromatic heterocycles. The summed E-state index contributed by atoms with van der Waals surface area (Å²) in [5.74, 6) is 0. The minimum absolute atomic E-state index is 0.157. The number of hydrogen-bond donors (Lipinski definition) is 0. The molecule has 0 aliphatic heterocycles. The molecule has 12 aromatic carbocycles. The molecule has 0 amide bonds. The van der Waals surface area contributed by atoms with Crippen LogP contribution in [0.5, 0.6) is 0 Å². The second kappa shape index (κ2) is 13.4. The van der Waals surface area contributed by atoms with Crippen molar-refractivity contribution in [2.75, 3.05) is 0 Å². The van der Waals surface area contributed by atoms with Crippen LogP contribution < -0.4 is 0 Å². The Hall–Kier alpha value is -8.32. The molecular formula is C67H42. The first kappa shape index (κ1) is 37.0. The van der Waals surface area contributed by atoms with E-state index < -0.39 is 0 Å². The molecule has 310 valence electrons. The number of rotatable bonds is 4. The van der Waals surface area contributed by atoms with E-state index in [4.69, 9.17) is 0 Å². The van der Waals surface area contributed by atoms with Crippen molar-refractivity contribution in [1.82, 2.24) is 0 Å². The molecule has 0 bridgehead atoms. The van der Waals surface area contributed by atoms with Crippen molar-refractivity contribution in [3.63, 3.8) is 0 Å². The molecule has 15 rings (SSSR count). The van der Waals surface area contributed by atoms with Gasteiger partial charge in [0.1, 0.15) is 0 Å². The van der Waals surface area contributed by atoms with Gasteiger partial charge in [0, 0.05) is 5.41 Å². The third kappa shape index (κ3) is 5.19. The molecule has 0 atom stereocenters. The molecule has 0 radical (unpaired) electrons. The highest BCUT2D eigenvalue weighted by atomic mass is 14.4. The lowest BCUT2D eigenvalue weighted by atomic mass is 9.80. The smallest absolute Gasteiger partial charge is 0.0159 e. The molecule has 3 aliphatic rings. The average Bonchev–Trinajstić information content (AvgIpc) is 3.97. The van der Waals surface area contributed by atoms with Crippen LogP contribution in [0.1, 0.15) is 25.0 Å². The molecule has 67 heavy (non-hydrogen) atoms. The Morgan fingerprint density at radius 1 is 0.224 bits per heavy atom. The van der Waals surface area contributed by atoms with Gasteiger partial charge in [-0.15, -0.1) is 0 Å². The van der Waals surface area contributed by atoms with Crippen LogP contribution in [0.25, 0.3) is 143 Å². The van der Waals surface area contributed by atoms with Crippen molar-refractivity contribution >= 4 is 43.1 Å². The molecule has 0 saturated carbocycles. The third-order valence-corrected chi connectivity index (χ3v) is 15.7. The first-order chi connectivity index (χ1) is 32.9. The zero-order valence-electron chi connectivity index (χ0n) is 37.3. The molecule has 0 spiro atoms. The minimum atomic E-state index is -0.157. The van der Waals surface area contributed by atoms with Gasteiger partial charge in [-0.3, -0.25) is 0 Å². The van der Waals surface area contributed by atoms with Crippen LogP contribution >= 0.6 is 0 Å². The van der Waals surface area contributed by atoms with E-state index in [1.165, 1.54) is 154 Å². The van der Waals surface area contributed by atoms with Crippen molar-refractivity contribution in [3.05, 3.63) is 230 Å². The highest BCUT2D eigenvalue weighted by molar-refractivity contribution is 6.20. The molecule has 3 aliphatic carbocycles. The normalized spacial score (nSPS) is 13.3. The average molecular weight is 847 g/mol. The van der Waals surface area contributed by atoms with E-state index in [9.17, 15) is 0 Å². The number of benzene rings is 12. The van der Waals surface area contributed by atoms with Gasteiger partial charge in [0.15, 0.2) is 0 Å². The predicted octanol–water partition coefficient (Wildman–Crippen LogP) is 18.6. The van der Waals surface area contributed by atoms with Gasteiger partial charge in [0.2, 0.25) is 0 Å². The second-order valence-electron chi connectivity index (χ2n) is 19.6. The molecule has 12 aromatic rings. The van der Waals surface area contributed by atoms with Gasteiger partial charge in [0.05, 0.1) is 0 Å². The van der Waals surface area contributed by atoms with E-state index in [0.717, 1.165) is 0 Å². The fourth-order valence-corrected chi connectivity index (χ4v) is 12.4. The summed E-state index contributed by atoms with van der Waals surface area (Å²) in [6, 6.07) is 82.7. The van der Waals surface area contributed by atoms with E-state index in [1.54, 1.807) is 0 Å². The zero-order valence-corrected chi connectivity index (χ0v) is 37.3. The fraction of sp³-hybridized carbons (Fsp3) is 0.0448. The summed E-state index contributed by atoms with van der Waals surface area (Å²) in [6.45, 7) is 4.80. The monoisotopic (exact) mass is 846 g/mol. The van der Waals surface area contributed by atoms with Crippen molar-refractivity contribution in [1.29, 1.82) is 0 Å². The summed E-state index contributed by atoms with van der Waals surface area (Å²) >= 11 is 0. The van der Waals surface area contributed by atoms with E-state index in [-0.39, 0.29) is 5.41 Å². The van der Waals surface area contributed by atoms with Crippen molar-refractivity contribution in [3.8, 4) is 100 Å². The van der Waals surface area contributed by atoms with Gasteiger partial charge >= 0.3 is 0 Å². The standard InChI is InChI=1S/C67H42/c1-67(2)63-37-43(41-21-17-39-19-23-45(35-47(39)33-41)49-29-31-61-53-11-5-3-9-51(53)59-15-7-13-57(49)65(59)61)25-27-55(63)56-28-26-44(38-64(56)67)42-22-18-40-20-24-46(36-48(40)34-42)50-30-32-62-54-12-6-4-10-52(54)60-16-8-14-58(50)66(60)62/h3-38H,1-2H3. The molecule has 0 saturated heterocycles. The zero-order chi connectivity index (χ0) is 44.1. The summed E-state index contributed by atoms with van der Waals surface area (Å²) in [7, 11) is 0. The van der Waals surface area contributed by atoms with E-state index in [0.29, 0.717) is 0 Å². The summed E-state index contributed by atoms with van der Waals surface area (Å²) in [6.07, 6.45) is 0. The van der Waals surface area contributed by atoms with Gasteiger partial charge in [-0.05, 0) is 191 Å². The highest BCUT2D eigenvalue weighted by Crippen LogP contribution is 2.53. The van der Waals surface area contributed by atoms with Crippen LogP contribution in [0, 0.1) is 0 Å². The fourth-order valence-electron chi connectivity index (χ4n) is 12.4. The highest BCUT2D eigenvalue weighted by Gasteiger charge is 2.36. The maximum Gasteiger partial charge on any atom is 0.0159 e. The lowest BCUT2D eigenvalue weighted by Gasteiger charge is -2.23. The summed E-state index contributed by atoms with van der Waals surface area (Å²) in [5, 5.41) is 10.4. The van der Waals surface area contributed by atoms with Crippen LogP contribution in [0.15, 0.2) is 218 Å². The third-order valence-electron chi connectivity index (χ3n) is 15.7. The Morgan fingerprint density at radius 3 is 0.970 bits per heavy atom. The quantitative estimate of drug-likeness (QED) is 0.166. The van der Waals surface area contributed by atoms with Crippen LogP contribution in [-0.2, 0) is 5.41 Å². The van der Waals surface area contributed by atoms with Crippen LogP contribution in [0.2, 0.25) is 0 Å². The van der Waals surface area contributed by atoms with Gasteiger partial charge in [-0.2, -0.15) is 0 Å². The Labute approximate surface area is 390 Å². The SMILES string of the molecule is CC1(C)c2cc(-c3ccc4ccc(-c5ccc6c7c(cccc57)-c5ccccc5-6)cc4c3)ccc2-c2ccc(-c3ccc4ccc(-c5ccc6c7c(cccc57)-c5ccccc5-6)cc4c3)cc21. The van der Waals surface area contributed by atoms with Crippen molar-refractivity contribution in [2.45, 2.75) is 19.3 Å². The molecular weight excluding hydrogens is 805 g/mol. The van der Waals surface area contributed by atoms with Gasteiger partial charge in [0.25, 0.3) is 0 Å². The maximum absolute atomic E-state index is 2.46. The molecule has 0 N–H and O–H groups in total. The minimum Gasteiger partial charge on any atom is -0.0616 e. The first-order valence-corrected chi connectivity index (χ1v) is 23.6. The summed E-state index contributed by atoms with van der Waals surface area (Å²) in [5.41, 5.74) is 26.0. The van der Waals surface area contributed by atoms with Crippen molar-refractivity contribution in [2.24, 2.45) is 0 Å². The topological polar surface area (TPSA) is 0 Å². The van der Waals surface area contributed by atoms with Crippen LogP contribution in [0.3, 0.4) is 0 Å². The van der Waals surface area contributed by atoms with Crippen molar-refractivity contribution < 1.29 is 0 Å². The van der Waals surface area contributed by atoms with Crippen LogP contribution in [-0.4, -0.2) is 0 Å². The van der Waals surface area contributed by atoms with Gasteiger partial charge < -0.3 is 0 Å². The van der Waals surface area contributed by atoms with E-state index >= 15 is 0 Å². The summed E-state index contributed by atoms with van der Waals surface area (Å²) in [4.78, 5) is 0. The predicted molar refractivity (Wildman–Crippen MR) is 285 cm³/mol. The Kier molecular flexibility index (Phi) is 7.38. The first-order valence-electron chi connectivity index (χ1n) is 23.6.